The minimum atomic E-state index is -0.176. The van der Waals surface area contributed by atoms with Gasteiger partial charge in [-0.15, -0.1) is 10.2 Å². The summed E-state index contributed by atoms with van der Waals surface area (Å²) in [5, 5.41) is 22.0. The standard InChI is InChI=1S/C22H24N6OS/c1-4-27-20(16-10-11-16)25-26-22(27)30-13-19(29)24-21-18(12-23)14(2)15(3)28(21)17-8-6-5-7-9-17/h5-9,16H,4,10-11,13H2,1-3H3,(H,24,29). The summed E-state index contributed by atoms with van der Waals surface area (Å²) >= 11 is 1.38. The number of benzene rings is 1. The molecule has 1 aromatic carbocycles. The first-order chi connectivity index (χ1) is 14.5. The maximum Gasteiger partial charge on any atom is 0.236 e. The van der Waals surface area contributed by atoms with Crippen molar-refractivity contribution in [2.75, 3.05) is 11.1 Å². The second kappa shape index (κ2) is 8.36. The van der Waals surface area contributed by atoms with Crippen LogP contribution in [-0.2, 0) is 11.3 Å². The predicted octanol–water partition coefficient (Wildman–Crippen LogP) is 4.19. The van der Waals surface area contributed by atoms with E-state index >= 15 is 0 Å². The van der Waals surface area contributed by atoms with E-state index in [0.717, 1.165) is 47.3 Å². The highest BCUT2D eigenvalue weighted by Gasteiger charge is 2.30. The van der Waals surface area contributed by atoms with Crippen LogP contribution in [0.25, 0.3) is 5.69 Å². The summed E-state index contributed by atoms with van der Waals surface area (Å²) in [7, 11) is 0. The lowest BCUT2D eigenvalue weighted by Crippen LogP contribution is -2.18. The molecule has 1 amide bonds. The van der Waals surface area contributed by atoms with Crippen LogP contribution in [-0.4, -0.2) is 31.0 Å². The maximum absolute atomic E-state index is 12.8. The van der Waals surface area contributed by atoms with Crippen molar-refractivity contribution in [2.45, 2.75) is 51.2 Å². The molecule has 0 aliphatic heterocycles. The number of rotatable bonds is 7. The van der Waals surface area contributed by atoms with Gasteiger partial charge in [-0.25, -0.2) is 0 Å². The average Bonchev–Trinajstić information content (AvgIpc) is 3.47. The van der Waals surface area contributed by atoms with Gasteiger partial charge in [-0.2, -0.15) is 5.26 Å². The highest BCUT2D eigenvalue weighted by Crippen LogP contribution is 2.40. The molecule has 2 heterocycles. The normalized spacial score (nSPS) is 13.3. The third-order valence-electron chi connectivity index (χ3n) is 5.43. The van der Waals surface area contributed by atoms with E-state index in [1.807, 2.05) is 48.7 Å². The van der Waals surface area contributed by atoms with E-state index in [1.54, 1.807) is 0 Å². The molecule has 7 nitrogen and oxygen atoms in total. The van der Waals surface area contributed by atoms with Crippen LogP contribution >= 0.6 is 11.8 Å². The molecule has 1 saturated carbocycles. The highest BCUT2D eigenvalue weighted by atomic mass is 32.2. The van der Waals surface area contributed by atoms with Gasteiger partial charge in [0.2, 0.25) is 5.91 Å². The maximum atomic E-state index is 12.8. The van der Waals surface area contributed by atoms with Crippen LogP contribution in [0, 0.1) is 25.2 Å². The van der Waals surface area contributed by atoms with E-state index < -0.39 is 0 Å². The Labute approximate surface area is 180 Å². The molecule has 0 bridgehead atoms. The summed E-state index contributed by atoms with van der Waals surface area (Å²) in [6, 6.07) is 12.0. The predicted molar refractivity (Wildman–Crippen MR) is 117 cm³/mol. The van der Waals surface area contributed by atoms with Gasteiger partial charge >= 0.3 is 0 Å². The molecule has 2 aromatic heterocycles. The largest absolute Gasteiger partial charge is 0.310 e. The molecule has 0 atom stereocenters. The summed E-state index contributed by atoms with van der Waals surface area (Å²) < 4.78 is 4.02. The fraction of sp³-hybridized carbons (Fsp3) is 0.364. The number of carbonyl (C=O) groups is 1. The Morgan fingerprint density at radius 1 is 1.27 bits per heavy atom. The summed E-state index contributed by atoms with van der Waals surface area (Å²) in [6.07, 6.45) is 2.32. The van der Waals surface area contributed by atoms with Crippen molar-refractivity contribution < 1.29 is 4.79 Å². The average molecular weight is 421 g/mol. The number of nitrogens with zero attached hydrogens (tertiary/aromatic N) is 5. The Morgan fingerprint density at radius 2 is 2.00 bits per heavy atom. The van der Waals surface area contributed by atoms with Gasteiger partial charge in [-0.3, -0.25) is 9.36 Å². The number of amides is 1. The molecule has 1 aliphatic rings. The molecule has 154 valence electrons. The molecule has 0 saturated heterocycles. The summed E-state index contributed by atoms with van der Waals surface area (Å²) in [5.74, 6) is 2.08. The number of hydrogen-bond donors (Lipinski definition) is 1. The fourth-order valence-electron chi connectivity index (χ4n) is 3.61. The van der Waals surface area contributed by atoms with Gasteiger partial charge in [0.05, 0.1) is 11.3 Å². The number of aromatic nitrogens is 4. The highest BCUT2D eigenvalue weighted by molar-refractivity contribution is 7.99. The third-order valence-corrected chi connectivity index (χ3v) is 6.40. The lowest BCUT2D eigenvalue weighted by Gasteiger charge is -2.13. The van der Waals surface area contributed by atoms with Gasteiger partial charge in [-0.1, -0.05) is 30.0 Å². The lowest BCUT2D eigenvalue weighted by atomic mass is 10.2. The molecule has 8 heteroatoms. The van der Waals surface area contributed by atoms with Crippen LogP contribution in [0.3, 0.4) is 0 Å². The second-order valence-electron chi connectivity index (χ2n) is 7.41. The summed E-state index contributed by atoms with van der Waals surface area (Å²) in [4.78, 5) is 12.8. The molecule has 0 unspecified atom stereocenters. The summed E-state index contributed by atoms with van der Waals surface area (Å²) in [6.45, 7) is 6.71. The van der Waals surface area contributed by atoms with Crippen molar-refractivity contribution in [1.82, 2.24) is 19.3 Å². The molecule has 1 N–H and O–H groups in total. The molecule has 3 aromatic rings. The van der Waals surface area contributed by atoms with E-state index in [9.17, 15) is 10.1 Å². The van der Waals surface area contributed by atoms with Crippen molar-refractivity contribution >= 4 is 23.5 Å². The topological polar surface area (TPSA) is 88.5 Å². The Kier molecular flexibility index (Phi) is 5.64. The zero-order chi connectivity index (χ0) is 21.3. The van der Waals surface area contributed by atoms with E-state index in [4.69, 9.17) is 0 Å². The Hall–Kier alpha value is -3.05. The van der Waals surface area contributed by atoms with Gasteiger partial charge < -0.3 is 9.88 Å². The van der Waals surface area contributed by atoms with Crippen molar-refractivity contribution in [3.63, 3.8) is 0 Å². The number of thioether (sulfide) groups is 1. The first-order valence-electron chi connectivity index (χ1n) is 10.1. The SMILES string of the molecule is CCn1c(SCC(=O)Nc2c(C#N)c(C)c(C)n2-c2ccccc2)nnc1C1CC1. The molecule has 1 aliphatic carbocycles. The molecular formula is C22H24N6OS. The third kappa shape index (κ3) is 3.73. The number of hydrogen-bond acceptors (Lipinski definition) is 5. The van der Waals surface area contributed by atoms with E-state index in [0.29, 0.717) is 17.3 Å². The number of para-hydroxylation sites is 1. The smallest absolute Gasteiger partial charge is 0.236 e. The molecule has 1 fully saturated rings. The van der Waals surface area contributed by atoms with Gasteiger partial charge in [0, 0.05) is 23.8 Å². The van der Waals surface area contributed by atoms with Crippen LogP contribution in [0.1, 0.15) is 48.3 Å². The van der Waals surface area contributed by atoms with Crippen molar-refractivity contribution in [2.24, 2.45) is 0 Å². The van der Waals surface area contributed by atoms with Crippen molar-refractivity contribution in [3.05, 3.63) is 53.0 Å². The van der Waals surface area contributed by atoms with Crippen LogP contribution in [0.5, 0.6) is 0 Å². The van der Waals surface area contributed by atoms with E-state index in [1.165, 1.54) is 11.8 Å². The van der Waals surface area contributed by atoms with Crippen LogP contribution in [0.2, 0.25) is 0 Å². The fourth-order valence-corrected chi connectivity index (χ4v) is 4.42. The first-order valence-corrected chi connectivity index (χ1v) is 11.1. The van der Waals surface area contributed by atoms with Crippen LogP contribution in [0.4, 0.5) is 5.82 Å². The number of carbonyl (C=O) groups excluding carboxylic acids is 1. The molecular weight excluding hydrogens is 396 g/mol. The van der Waals surface area contributed by atoms with Gasteiger partial charge in [0.25, 0.3) is 0 Å². The van der Waals surface area contributed by atoms with E-state index in [-0.39, 0.29) is 11.7 Å². The van der Waals surface area contributed by atoms with Crippen molar-refractivity contribution in [1.29, 1.82) is 5.26 Å². The molecule has 0 radical (unpaired) electrons. The van der Waals surface area contributed by atoms with Crippen LogP contribution < -0.4 is 5.32 Å². The Morgan fingerprint density at radius 3 is 2.63 bits per heavy atom. The summed E-state index contributed by atoms with van der Waals surface area (Å²) in [5.41, 5.74) is 3.19. The van der Waals surface area contributed by atoms with Gasteiger partial charge in [0.1, 0.15) is 17.7 Å². The lowest BCUT2D eigenvalue weighted by molar-refractivity contribution is -0.113. The van der Waals surface area contributed by atoms with Gasteiger partial charge in [-0.05, 0) is 51.3 Å². The van der Waals surface area contributed by atoms with Crippen molar-refractivity contribution in [3.8, 4) is 11.8 Å². The molecule has 30 heavy (non-hydrogen) atoms. The monoisotopic (exact) mass is 420 g/mol. The number of nitrogens with one attached hydrogen (secondary N) is 1. The Bertz CT molecular complexity index is 1120. The van der Waals surface area contributed by atoms with Gasteiger partial charge in [0.15, 0.2) is 5.16 Å². The minimum Gasteiger partial charge on any atom is -0.310 e. The first kappa shape index (κ1) is 20.2. The molecule has 0 spiro atoms. The molecule has 4 rings (SSSR count). The number of anilines is 1. The quantitative estimate of drug-likeness (QED) is 0.579. The van der Waals surface area contributed by atoms with E-state index in [2.05, 4.69) is 33.1 Å². The Balaban J connectivity index is 1.55. The minimum absolute atomic E-state index is 0.176. The zero-order valence-corrected chi connectivity index (χ0v) is 18.2. The zero-order valence-electron chi connectivity index (χ0n) is 17.3. The number of nitriles is 1. The second-order valence-corrected chi connectivity index (χ2v) is 8.36. The van der Waals surface area contributed by atoms with Crippen LogP contribution in [0.15, 0.2) is 35.5 Å².